The predicted octanol–water partition coefficient (Wildman–Crippen LogP) is 1.52. The third kappa shape index (κ3) is 2.05. The first-order valence-corrected chi connectivity index (χ1v) is 4.24. The van der Waals surface area contributed by atoms with Crippen LogP contribution < -0.4 is 5.32 Å². The van der Waals surface area contributed by atoms with E-state index >= 15 is 0 Å². The highest BCUT2D eigenvalue weighted by molar-refractivity contribution is 5.94. The summed E-state index contributed by atoms with van der Waals surface area (Å²) in [5, 5.41) is 2.81. The van der Waals surface area contributed by atoms with Gasteiger partial charge >= 0.3 is 0 Å². The molecule has 1 aliphatic carbocycles. The lowest BCUT2D eigenvalue weighted by molar-refractivity contribution is 0.0951. The second-order valence-electron chi connectivity index (χ2n) is 3.17. The molecule has 1 radical (unpaired) electrons. The van der Waals surface area contributed by atoms with Crippen LogP contribution >= 0.6 is 0 Å². The molecule has 0 aromatic heterocycles. The predicted molar refractivity (Wildman–Crippen MR) is 45.7 cm³/mol. The van der Waals surface area contributed by atoms with Gasteiger partial charge in [-0.25, -0.2) is 4.39 Å². The van der Waals surface area contributed by atoms with E-state index in [1.807, 2.05) is 0 Å². The molecule has 1 fully saturated rings. The maximum atomic E-state index is 12.4. The standard InChI is InChI=1S/C10H9FNO/c11-8-3-1-7(2-4-8)10(13)12-9-5-6-9/h1-3,9H,5-6H2,(H,12,13). The van der Waals surface area contributed by atoms with Crippen molar-refractivity contribution >= 4 is 5.91 Å². The Labute approximate surface area is 75.8 Å². The van der Waals surface area contributed by atoms with Crippen LogP contribution in [0.15, 0.2) is 18.2 Å². The van der Waals surface area contributed by atoms with E-state index in [0.717, 1.165) is 12.8 Å². The summed E-state index contributed by atoms with van der Waals surface area (Å²) >= 11 is 0. The number of halogens is 1. The minimum absolute atomic E-state index is 0.140. The van der Waals surface area contributed by atoms with Gasteiger partial charge in [0, 0.05) is 17.7 Å². The van der Waals surface area contributed by atoms with Gasteiger partial charge in [-0.15, -0.1) is 0 Å². The number of nitrogens with one attached hydrogen (secondary N) is 1. The molecular formula is C10H9FNO. The summed E-state index contributed by atoms with van der Waals surface area (Å²) in [6, 6.07) is 6.75. The summed E-state index contributed by atoms with van der Waals surface area (Å²) in [6.07, 6.45) is 2.10. The smallest absolute Gasteiger partial charge is 0.251 e. The van der Waals surface area contributed by atoms with Crippen molar-refractivity contribution in [3.63, 3.8) is 0 Å². The molecule has 0 bridgehead atoms. The van der Waals surface area contributed by atoms with E-state index in [1.165, 1.54) is 18.2 Å². The number of carbonyl (C=O) groups is 1. The van der Waals surface area contributed by atoms with Crippen LogP contribution in [0.5, 0.6) is 0 Å². The van der Waals surface area contributed by atoms with Crippen LogP contribution in [0, 0.1) is 11.9 Å². The number of carbonyl (C=O) groups excluding carboxylic acids is 1. The Morgan fingerprint density at radius 3 is 2.85 bits per heavy atom. The SMILES string of the molecule is O=C(NC1CC1)c1c[c]c(F)cc1. The Morgan fingerprint density at radius 2 is 2.31 bits per heavy atom. The van der Waals surface area contributed by atoms with Crippen molar-refractivity contribution in [2.24, 2.45) is 0 Å². The van der Waals surface area contributed by atoms with E-state index in [2.05, 4.69) is 11.4 Å². The first-order chi connectivity index (χ1) is 6.25. The molecule has 1 N–H and O–H groups in total. The highest BCUT2D eigenvalue weighted by atomic mass is 19.1. The monoisotopic (exact) mass is 178 g/mol. The second-order valence-corrected chi connectivity index (χ2v) is 3.17. The Kier molecular flexibility index (Phi) is 2.00. The normalized spacial score (nSPS) is 15.5. The number of hydrogen-bond donors (Lipinski definition) is 1. The molecule has 3 heteroatoms. The Balaban J connectivity index is 2.05. The topological polar surface area (TPSA) is 29.1 Å². The van der Waals surface area contributed by atoms with Crippen molar-refractivity contribution < 1.29 is 9.18 Å². The van der Waals surface area contributed by atoms with Crippen LogP contribution in [-0.4, -0.2) is 11.9 Å². The minimum atomic E-state index is -0.442. The van der Waals surface area contributed by atoms with Gasteiger partial charge in [-0.1, -0.05) is 0 Å². The van der Waals surface area contributed by atoms with Gasteiger partial charge in [-0.3, -0.25) is 4.79 Å². The van der Waals surface area contributed by atoms with Crippen LogP contribution in [0.2, 0.25) is 0 Å². The van der Waals surface area contributed by atoms with Crippen molar-refractivity contribution in [2.75, 3.05) is 0 Å². The van der Waals surface area contributed by atoms with E-state index in [4.69, 9.17) is 0 Å². The van der Waals surface area contributed by atoms with Gasteiger partial charge in [0.25, 0.3) is 5.91 Å². The Bertz CT molecular complexity index is 316. The lowest BCUT2D eigenvalue weighted by Gasteiger charge is -2.01. The van der Waals surface area contributed by atoms with Crippen LogP contribution in [0.1, 0.15) is 23.2 Å². The fraction of sp³-hybridized carbons (Fsp3) is 0.300. The number of hydrogen-bond acceptors (Lipinski definition) is 1. The summed E-state index contributed by atoms with van der Waals surface area (Å²) in [6.45, 7) is 0. The molecule has 1 aliphatic rings. The van der Waals surface area contributed by atoms with Gasteiger partial charge in [0.05, 0.1) is 0 Å². The summed E-state index contributed by atoms with van der Waals surface area (Å²) in [4.78, 5) is 11.4. The molecule has 2 nitrogen and oxygen atoms in total. The van der Waals surface area contributed by atoms with Crippen LogP contribution in [0.4, 0.5) is 4.39 Å². The van der Waals surface area contributed by atoms with E-state index in [9.17, 15) is 9.18 Å². The molecule has 0 aliphatic heterocycles. The number of rotatable bonds is 2. The summed E-state index contributed by atoms with van der Waals surface area (Å²) in [5.74, 6) is -0.582. The maximum absolute atomic E-state index is 12.4. The third-order valence-corrected chi connectivity index (χ3v) is 1.95. The zero-order chi connectivity index (χ0) is 9.26. The van der Waals surface area contributed by atoms with Crippen molar-refractivity contribution in [2.45, 2.75) is 18.9 Å². The third-order valence-electron chi connectivity index (χ3n) is 1.95. The molecule has 0 unspecified atom stereocenters. The summed E-state index contributed by atoms with van der Waals surface area (Å²) in [5.41, 5.74) is 0.466. The minimum Gasteiger partial charge on any atom is -0.349 e. The zero-order valence-corrected chi connectivity index (χ0v) is 7.01. The quantitative estimate of drug-likeness (QED) is 0.730. The zero-order valence-electron chi connectivity index (χ0n) is 7.01. The molecule has 0 saturated heterocycles. The molecular weight excluding hydrogens is 169 g/mol. The lowest BCUT2D eigenvalue weighted by atomic mass is 10.2. The van der Waals surface area contributed by atoms with Gasteiger partial charge in [0.1, 0.15) is 5.82 Å². The fourth-order valence-electron chi connectivity index (χ4n) is 1.04. The highest BCUT2D eigenvalue weighted by Gasteiger charge is 2.23. The lowest BCUT2D eigenvalue weighted by Crippen LogP contribution is -2.25. The van der Waals surface area contributed by atoms with Gasteiger partial charge in [0.2, 0.25) is 0 Å². The van der Waals surface area contributed by atoms with E-state index in [-0.39, 0.29) is 5.91 Å². The Hall–Kier alpha value is -1.38. The molecule has 0 atom stereocenters. The highest BCUT2D eigenvalue weighted by Crippen LogP contribution is 2.19. The molecule has 1 amide bonds. The van der Waals surface area contributed by atoms with Crippen molar-refractivity contribution in [3.8, 4) is 0 Å². The molecule has 0 heterocycles. The van der Waals surface area contributed by atoms with Crippen LogP contribution in [0.3, 0.4) is 0 Å². The van der Waals surface area contributed by atoms with E-state index in [1.54, 1.807) is 0 Å². The molecule has 13 heavy (non-hydrogen) atoms. The van der Waals surface area contributed by atoms with Crippen LogP contribution in [-0.2, 0) is 0 Å². The van der Waals surface area contributed by atoms with Gasteiger partial charge in [0.15, 0.2) is 0 Å². The first kappa shape index (κ1) is 8.23. The summed E-state index contributed by atoms with van der Waals surface area (Å²) in [7, 11) is 0. The Morgan fingerprint density at radius 1 is 1.54 bits per heavy atom. The van der Waals surface area contributed by atoms with Gasteiger partial charge in [-0.05, 0) is 31.0 Å². The maximum Gasteiger partial charge on any atom is 0.251 e. The van der Waals surface area contributed by atoms with Crippen molar-refractivity contribution in [1.82, 2.24) is 5.32 Å². The number of benzene rings is 1. The molecule has 2 rings (SSSR count). The van der Waals surface area contributed by atoms with Gasteiger partial charge < -0.3 is 5.32 Å². The summed E-state index contributed by atoms with van der Waals surface area (Å²) < 4.78 is 12.4. The number of amides is 1. The molecule has 1 aromatic carbocycles. The molecule has 67 valence electrons. The van der Waals surface area contributed by atoms with E-state index in [0.29, 0.717) is 11.6 Å². The largest absolute Gasteiger partial charge is 0.349 e. The molecule has 1 aromatic rings. The first-order valence-electron chi connectivity index (χ1n) is 4.24. The van der Waals surface area contributed by atoms with Gasteiger partial charge in [-0.2, -0.15) is 0 Å². The second kappa shape index (κ2) is 3.17. The average molecular weight is 178 g/mol. The van der Waals surface area contributed by atoms with Crippen molar-refractivity contribution in [1.29, 1.82) is 0 Å². The van der Waals surface area contributed by atoms with Crippen LogP contribution in [0.25, 0.3) is 0 Å². The molecule has 0 spiro atoms. The fourth-order valence-corrected chi connectivity index (χ4v) is 1.04. The average Bonchev–Trinajstić information content (AvgIpc) is 2.89. The molecule has 1 saturated carbocycles. The van der Waals surface area contributed by atoms with Crippen molar-refractivity contribution in [3.05, 3.63) is 35.6 Å². The van der Waals surface area contributed by atoms with E-state index < -0.39 is 5.82 Å².